The van der Waals surface area contributed by atoms with E-state index in [-0.39, 0.29) is 28.8 Å². The summed E-state index contributed by atoms with van der Waals surface area (Å²) in [6, 6.07) is 5.11. The highest BCUT2D eigenvalue weighted by atomic mass is 32.2. The quantitative estimate of drug-likeness (QED) is 0.914. The van der Waals surface area contributed by atoms with Crippen molar-refractivity contribution in [3.8, 4) is 5.75 Å². The fourth-order valence-electron chi connectivity index (χ4n) is 2.18. The van der Waals surface area contributed by atoms with Crippen LogP contribution in [0.25, 0.3) is 0 Å². The first-order valence-electron chi connectivity index (χ1n) is 6.45. The summed E-state index contributed by atoms with van der Waals surface area (Å²) in [7, 11) is -3.83. The van der Waals surface area contributed by atoms with Gasteiger partial charge in [-0.05, 0) is 36.7 Å². The summed E-state index contributed by atoms with van der Waals surface area (Å²) < 4.78 is 49.5. The van der Waals surface area contributed by atoms with Crippen molar-refractivity contribution in [1.82, 2.24) is 4.37 Å². The fraction of sp³-hybridized carbons (Fsp3) is 0.308. The summed E-state index contributed by atoms with van der Waals surface area (Å²) in [4.78, 5) is 0. The number of hydrogen-bond donors (Lipinski definition) is 1. The Bertz CT molecular complexity index is 806. The van der Waals surface area contributed by atoms with Gasteiger partial charge in [-0.25, -0.2) is 12.8 Å². The standard InChI is InChI=1S/C13H13FN2O4S2/c1-8-4-13(21-15-8)22(18,19)16-6-10(7-17)20-12-5-9(14)2-3-11(12)16/h2-5,10,17H,6-7H2,1H3. The molecule has 0 amide bonds. The molecule has 0 spiro atoms. The SMILES string of the molecule is Cc1cc(S(=O)(=O)N2CC(CO)Oc3cc(F)ccc32)sn1. The van der Waals surface area contributed by atoms with Crippen LogP contribution in [0.15, 0.2) is 28.5 Å². The van der Waals surface area contributed by atoms with Crippen molar-refractivity contribution in [1.29, 1.82) is 0 Å². The molecule has 3 rings (SSSR count). The lowest BCUT2D eigenvalue weighted by atomic mass is 10.2. The van der Waals surface area contributed by atoms with Crippen LogP contribution in [-0.2, 0) is 10.0 Å². The zero-order chi connectivity index (χ0) is 15.9. The number of halogens is 1. The van der Waals surface area contributed by atoms with Crippen molar-refractivity contribution in [2.45, 2.75) is 17.2 Å². The lowest BCUT2D eigenvalue weighted by Gasteiger charge is -2.34. The highest BCUT2D eigenvalue weighted by molar-refractivity contribution is 7.94. The second-order valence-corrected chi connectivity index (χ2v) is 7.75. The molecule has 9 heteroatoms. The number of anilines is 1. The van der Waals surface area contributed by atoms with Crippen molar-refractivity contribution in [2.75, 3.05) is 17.5 Å². The maximum Gasteiger partial charge on any atom is 0.275 e. The van der Waals surface area contributed by atoms with Crippen molar-refractivity contribution < 1.29 is 22.7 Å². The zero-order valence-corrected chi connectivity index (χ0v) is 13.2. The Morgan fingerprint density at radius 2 is 2.27 bits per heavy atom. The molecule has 1 atom stereocenters. The minimum Gasteiger partial charge on any atom is -0.484 e. The summed E-state index contributed by atoms with van der Waals surface area (Å²) >= 11 is 0.880. The number of nitrogens with zero attached hydrogens (tertiary/aromatic N) is 2. The molecule has 0 saturated carbocycles. The molecule has 0 saturated heterocycles. The van der Waals surface area contributed by atoms with E-state index in [0.717, 1.165) is 21.9 Å². The molecular weight excluding hydrogens is 331 g/mol. The van der Waals surface area contributed by atoms with Crippen LogP contribution in [0.4, 0.5) is 10.1 Å². The second kappa shape index (κ2) is 5.49. The van der Waals surface area contributed by atoms with Gasteiger partial charge in [-0.3, -0.25) is 4.31 Å². The van der Waals surface area contributed by atoms with Gasteiger partial charge in [0.15, 0.2) is 4.21 Å². The van der Waals surface area contributed by atoms with E-state index in [1.807, 2.05) is 0 Å². The first-order chi connectivity index (χ1) is 10.4. The predicted octanol–water partition coefficient (Wildman–Crippen LogP) is 1.54. The Balaban J connectivity index is 2.10. The van der Waals surface area contributed by atoms with Crippen LogP contribution in [-0.4, -0.2) is 37.2 Å². The van der Waals surface area contributed by atoms with Gasteiger partial charge in [0.1, 0.15) is 17.7 Å². The van der Waals surface area contributed by atoms with E-state index in [4.69, 9.17) is 4.74 Å². The van der Waals surface area contributed by atoms with Gasteiger partial charge in [0.25, 0.3) is 10.0 Å². The molecule has 118 valence electrons. The normalized spacial score (nSPS) is 18.0. The highest BCUT2D eigenvalue weighted by Crippen LogP contribution is 2.38. The number of benzene rings is 1. The van der Waals surface area contributed by atoms with Crippen LogP contribution < -0.4 is 9.04 Å². The van der Waals surface area contributed by atoms with E-state index in [1.165, 1.54) is 18.2 Å². The molecule has 1 N–H and O–H groups in total. The second-order valence-electron chi connectivity index (χ2n) is 4.86. The Kier molecular flexibility index (Phi) is 3.79. The first kappa shape index (κ1) is 15.2. The third-order valence-electron chi connectivity index (χ3n) is 3.21. The molecule has 1 aromatic heterocycles. The number of ether oxygens (including phenoxy) is 1. The minimum atomic E-state index is -3.83. The van der Waals surface area contributed by atoms with Gasteiger partial charge in [0, 0.05) is 6.07 Å². The molecule has 6 nitrogen and oxygen atoms in total. The third kappa shape index (κ3) is 2.55. The van der Waals surface area contributed by atoms with E-state index in [1.54, 1.807) is 6.92 Å². The molecule has 22 heavy (non-hydrogen) atoms. The Morgan fingerprint density at radius 1 is 1.50 bits per heavy atom. The molecule has 0 fully saturated rings. The smallest absolute Gasteiger partial charge is 0.275 e. The zero-order valence-electron chi connectivity index (χ0n) is 11.6. The highest BCUT2D eigenvalue weighted by Gasteiger charge is 2.35. The van der Waals surface area contributed by atoms with Gasteiger partial charge in [-0.15, -0.1) is 0 Å². The lowest BCUT2D eigenvalue weighted by molar-refractivity contribution is 0.116. The summed E-state index contributed by atoms with van der Waals surface area (Å²) in [5.74, 6) is -0.446. The molecule has 0 bridgehead atoms. The fourth-order valence-corrected chi connectivity index (χ4v) is 4.76. The van der Waals surface area contributed by atoms with Gasteiger partial charge in [-0.1, -0.05) is 0 Å². The Labute approximate surface area is 131 Å². The first-order valence-corrected chi connectivity index (χ1v) is 8.66. The van der Waals surface area contributed by atoms with E-state index in [0.29, 0.717) is 5.69 Å². The van der Waals surface area contributed by atoms with Crippen LogP contribution in [0.1, 0.15) is 5.69 Å². The number of sulfonamides is 1. The summed E-state index contributed by atoms with van der Waals surface area (Å²) in [6.07, 6.45) is -0.752. The molecule has 1 aliphatic heterocycles. The minimum absolute atomic E-state index is 0.0472. The van der Waals surface area contributed by atoms with Gasteiger partial charge in [-0.2, -0.15) is 4.37 Å². The summed E-state index contributed by atoms with van der Waals surface area (Å²) in [6.45, 7) is 1.28. The van der Waals surface area contributed by atoms with Crippen LogP contribution in [0.2, 0.25) is 0 Å². The molecule has 2 aromatic rings. The average Bonchev–Trinajstić information content (AvgIpc) is 2.93. The molecule has 1 unspecified atom stereocenters. The van der Waals surface area contributed by atoms with Gasteiger partial charge < -0.3 is 9.84 Å². The molecular formula is C13H13FN2O4S2. The van der Waals surface area contributed by atoms with Crippen molar-refractivity contribution in [2.24, 2.45) is 0 Å². The number of aromatic nitrogens is 1. The maximum absolute atomic E-state index is 13.4. The van der Waals surface area contributed by atoms with E-state index >= 15 is 0 Å². The molecule has 0 aliphatic carbocycles. The number of rotatable bonds is 3. The Morgan fingerprint density at radius 3 is 2.91 bits per heavy atom. The van der Waals surface area contributed by atoms with Crippen LogP contribution in [0.3, 0.4) is 0 Å². The van der Waals surface area contributed by atoms with E-state index < -0.39 is 21.9 Å². The Hall–Kier alpha value is -1.71. The van der Waals surface area contributed by atoms with Crippen molar-refractivity contribution >= 4 is 27.2 Å². The maximum atomic E-state index is 13.4. The van der Waals surface area contributed by atoms with Crippen LogP contribution in [0.5, 0.6) is 5.75 Å². The molecule has 1 aliphatic rings. The number of hydrogen-bond acceptors (Lipinski definition) is 6. The molecule has 0 radical (unpaired) electrons. The third-order valence-corrected chi connectivity index (χ3v) is 6.29. The summed E-state index contributed by atoms with van der Waals surface area (Å²) in [5, 5.41) is 9.29. The lowest BCUT2D eigenvalue weighted by Crippen LogP contribution is -2.44. The van der Waals surface area contributed by atoms with Crippen LogP contribution >= 0.6 is 11.5 Å². The average molecular weight is 344 g/mol. The molecule has 2 heterocycles. The van der Waals surface area contributed by atoms with Crippen LogP contribution in [0, 0.1) is 12.7 Å². The largest absolute Gasteiger partial charge is 0.484 e. The van der Waals surface area contributed by atoms with Gasteiger partial charge >= 0.3 is 0 Å². The van der Waals surface area contributed by atoms with E-state index in [2.05, 4.69) is 4.37 Å². The van der Waals surface area contributed by atoms with Crippen molar-refractivity contribution in [3.05, 3.63) is 35.8 Å². The predicted molar refractivity (Wildman–Crippen MR) is 79.3 cm³/mol. The number of fused-ring (bicyclic) bond motifs is 1. The number of aryl methyl sites for hydroxylation is 1. The molecule has 1 aromatic carbocycles. The number of aliphatic hydroxyl groups excluding tert-OH is 1. The number of aliphatic hydroxyl groups is 1. The topological polar surface area (TPSA) is 79.7 Å². The van der Waals surface area contributed by atoms with E-state index in [9.17, 15) is 17.9 Å². The van der Waals surface area contributed by atoms with Gasteiger partial charge in [0.2, 0.25) is 0 Å². The van der Waals surface area contributed by atoms with Crippen molar-refractivity contribution in [3.63, 3.8) is 0 Å². The van der Waals surface area contributed by atoms with Gasteiger partial charge in [0.05, 0.1) is 24.5 Å². The monoisotopic (exact) mass is 344 g/mol. The summed E-state index contributed by atoms with van der Waals surface area (Å²) in [5.41, 5.74) is 0.854.